The number of allylic oxidation sites excluding steroid dienone is 1. The minimum Gasteiger partial charge on any atom is -0.304 e. The van der Waals surface area contributed by atoms with Crippen molar-refractivity contribution < 1.29 is 9.36 Å². The number of rotatable bonds is 4. The molecule has 162 valence electrons. The van der Waals surface area contributed by atoms with Crippen molar-refractivity contribution in [1.29, 1.82) is 0 Å². The third kappa shape index (κ3) is 3.33. The van der Waals surface area contributed by atoms with E-state index in [0.717, 1.165) is 11.4 Å². The summed E-state index contributed by atoms with van der Waals surface area (Å²) in [5.41, 5.74) is 2.34. The van der Waals surface area contributed by atoms with Crippen molar-refractivity contribution in [2.45, 2.75) is 12.1 Å². The Labute approximate surface area is 193 Å². The quantitative estimate of drug-likeness (QED) is 0.433. The summed E-state index contributed by atoms with van der Waals surface area (Å²) < 4.78 is 18.9. The van der Waals surface area contributed by atoms with Gasteiger partial charge < -0.3 is 9.34 Å². The van der Waals surface area contributed by atoms with Crippen molar-refractivity contribution in [2.75, 3.05) is 27.3 Å². The van der Waals surface area contributed by atoms with E-state index in [9.17, 15) is 4.79 Å². The van der Waals surface area contributed by atoms with Gasteiger partial charge in [-0.2, -0.15) is 0 Å². The highest BCUT2D eigenvalue weighted by atomic mass is 35.5. The Bertz CT molecular complexity index is 1150. The number of hydrogen-bond donors (Lipinski definition) is 0. The largest absolute Gasteiger partial charge is 0.304 e. The molecule has 2 heterocycles. The Morgan fingerprint density at radius 1 is 0.781 bits per heavy atom. The number of benzene rings is 3. The molecule has 0 spiro atoms. The molecule has 0 bridgehead atoms. The van der Waals surface area contributed by atoms with Crippen LogP contribution >= 0.6 is 19.0 Å². The van der Waals surface area contributed by atoms with Crippen molar-refractivity contribution in [3.05, 3.63) is 102 Å². The molecule has 1 unspecified atom stereocenters. The summed E-state index contributed by atoms with van der Waals surface area (Å²) in [6, 6.07) is 26.5. The van der Waals surface area contributed by atoms with Crippen LogP contribution in [0.1, 0.15) is 6.42 Å². The fourth-order valence-electron chi connectivity index (χ4n) is 4.60. The standard InChI is InChI=1S/C25H23ClN3O2P/c1-19-18-24(25(30)29(19)23-14-12-20(26)13-15-23)32(31)27(21-8-4-2-5-9-21)16-17-28(32)22-10-6-3-7-11-22/h2-15,24H,1,16-18H2. The second kappa shape index (κ2) is 8.16. The predicted octanol–water partition coefficient (Wildman–Crippen LogP) is 6.18. The number of anilines is 3. The number of amides is 1. The van der Waals surface area contributed by atoms with Crippen molar-refractivity contribution in [3.63, 3.8) is 0 Å². The molecule has 5 nitrogen and oxygen atoms in total. The smallest absolute Gasteiger partial charge is 0.275 e. The molecule has 2 fully saturated rings. The van der Waals surface area contributed by atoms with Gasteiger partial charge in [-0.15, -0.1) is 0 Å². The lowest BCUT2D eigenvalue weighted by molar-refractivity contribution is -0.116. The third-order valence-corrected chi connectivity index (χ3v) is 9.78. The van der Waals surface area contributed by atoms with Gasteiger partial charge in [0.2, 0.25) is 5.91 Å². The zero-order valence-corrected chi connectivity index (χ0v) is 19.1. The molecular formula is C25H23ClN3O2P. The summed E-state index contributed by atoms with van der Waals surface area (Å²) in [5, 5.41) is 0.594. The first-order valence-electron chi connectivity index (χ1n) is 10.5. The van der Waals surface area contributed by atoms with Crippen LogP contribution in [0.15, 0.2) is 97.2 Å². The van der Waals surface area contributed by atoms with Crippen LogP contribution in [0.3, 0.4) is 0 Å². The highest BCUT2D eigenvalue weighted by Crippen LogP contribution is 2.66. The Hall–Kier alpha value is -3.01. The maximum absolute atomic E-state index is 15.0. The first-order valence-corrected chi connectivity index (χ1v) is 12.6. The highest BCUT2D eigenvalue weighted by molar-refractivity contribution is 7.69. The summed E-state index contributed by atoms with van der Waals surface area (Å²) in [6.07, 6.45) is 0.339. The first kappa shape index (κ1) is 20.9. The molecule has 3 aromatic rings. The van der Waals surface area contributed by atoms with E-state index in [1.807, 2.05) is 70.0 Å². The molecule has 5 rings (SSSR count). The molecule has 1 atom stereocenters. The zero-order valence-electron chi connectivity index (χ0n) is 17.5. The molecule has 0 aromatic heterocycles. The van der Waals surface area contributed by atoms with Gasteiger partial charge >= 0.3 is 0 Å². The van der Waals surface area contributed by atoms with Gasteiger partial charge in [0.25, 0.3) is 7.44 Å². The molecule has 7 heteroatoms. The Morgan fingerprint density at radius 3 is 1.78 bits per heavy atom. The maximum Gasteiger partial charge on any atom is 0.275 e. The van der Waals surface area contributed by atoms with Crippen LogP contribution < -0.4 is 14.2 Å². The number of para-hydroxylation sites is 2. The fourth-order valence-corrected chi connectivity index (χ4v) is 8.19. The van der Waals surface area contributed by atoms with Gasteiger partial charge in [-0.25, -0.2) is 0 Å². The molecule has 2 aliphatic heterocycles. The Morgan fingerprint density at radius 2 is 1.28 bits per heavy atom. The van der Waals surface area contributed by atoms with E-state index < -0.39 is 13.1 Å². The van der Waals surface area contributed by atoms with E-state index in [4.69, 9.17) is 11.6 Å². The van der Waals surface area contributed by atoms with Gasteiger partial charge in [0.15, 0.2) is 0 Å². The first-order chi connectivity index (χ1) is 15.5. The van der Waals surface area contributed by atoms with Crippen LogP contribution in [0.25, 0.3) is 0 Å². The molecular weight excluding hydrogens is 441 g/mol. The summed E-state index contributed by atoms with van der Waals surface area (Å²) in [7, 11) is -3.35. The van der Waals surface area contributed by atoms with E-state index in [-0.39, 0.29) is 5.91 Å². The lowest BCUT2D eigenvalue weighted by atomic mass is 10.3. The molecule has 3 aromatic carbocycles. The lowest BCUT2D eigenvalue weighted by Crippen LogP contribution is -2.35. The average molecular weight is 464 g/mol. The van der Waals surface area contributed by atoms with Crippen molar-refractivity contribution >= 4 is 42.0 Å². The molecule has 32 heavy (non-hydrogen) atoms. The van der Waals surface area contributed by atoms with Gasteiger partial charge in [0, 0.05) is 47.3 Å². The van der Waals surface area contributed by atoms with Gasteiger partial charge in [-0.3, -0.25) is 14.3 Å². The topological polar surface area (TPSA) is 43.9 Å². The van der Waals surface area contributed by atoms with E-state index >= 15 is 4.57 Å². The second-order valence-electron chi connectivity index (χ2n) is 7.94. The Kier molecular flexibility index (Phi) is 5.32. The maximum atomic E-state index is 15.0. The van der Waals surface area contributed by atoms with Gasteiger partial charge in [0.05, 0.1) is 0 Å². The van der Waals surface area contributed by atoms with Crippen LogP contribution in [0.5, 0.6) is 0 Å². The third-order valence-electron chi connectivity index (χ3n) is 6.07. The Balaban J connectivity index is 1.59. The van der Waals surface area contributed by atoms with E-state index in [1.54, 1.807) is 29.2 Å². The normalized spacial score (nSPS) is 20.3. The summed E-state index contributed by atoms with van der Waals surface area (Å²) in [6.45, 7) is 5.30. The van der Waals surface area contributed by atoms with E-state index in [1.165, 1.54) is 0 Å². The molecule has 0 saturated carbocycles. The zero-order chi connectivity index (χ0) is 22.3. The van der Waals surface area contributed by atoms with E-state index in [2.05, 4.69) is 6.58 Å². The van der Waals surface area contributed by atoms with Crippen LogP contribution in [-0.2, 0) is 9.36 Å². The minimum atomic E-state index is -3.35. The molecule has 2 aliphatic rings. The van der Waals surface area contributed by atoms with Gasteiger partial charge in [-0.05, 0) is 48.5 Å². The van der Waals surface area contributed by atoms with E-state index in [0.29, 0.717) is 35.9 Å². The highest BCUT2D eigenvalue weighted by Gasteiger charge is 2.56. The molecule has 0 aliphatic carbocycles. The number of hydrogen-bond acceptors (Lipinski definition) is 2. The second-order valence-corrected chi connectivity index (χ2v) is 11.1. The predicted molar refractivity (Wildman–Crippen MR) is 132 cm³/mol. The molecule has 1 amide bonds. The van der Waals surface area contributed by atoms with Gasteiger partial charge in [-0.1, -0.05) is 54.6 Å². The average Bonchev–Trinajstić information content (AvgIpc) is 3.32. The van der Waals surface area contributed by atoms with Crippen molar-refractivity contribution in [1.82, 2.24) is 0 Å². The monoisotopic (exact) mass is 463 g/mol. The minimum absolute atomic E-state index is 0.190. The summed E-state index contributed by atoms with van der Waals surface area (Å²) in [4.78, 5) is 15.3. The van der Waals surface area contributed by atoms with Crippen LogP contribution in [0.4, 0.5) is 17.1 Å². The summed E-state index contributed by atoms with van der Waals surface area (Å²) in [5.74, 6) is -0.190. The lowest BCUT2D eigenvalue weighted by Gasteiger charge is -2.35. The van der Waals surface area contributed by atoms with Crippen molar-refractivity contribution in [2.24, 2.45) is 0 Å². The van der Waals surface area contributed by atoms with Crippen LogP contribution in [0.2, 0.25) is 5.02 Å². The van der Waals surface area contributed by atoms with Crippen LogP contribution in [-0.4, -0.2) is 24.7 Å². The fraction of sp³-hybridized carbons (Fsp3) is 0.160. The van der Waals surface area contributed by atoms with Gasteiger partial charge in [0.1, 0.15) is 5.66 Å². The number of carbonyl (C=O) groups is 1. The number of nitrogens with zero attached hydrogens (tertiary/aromatic N) is 3. The van der Waals surface area contributed by atoms with Crippen LogP contribution in [0, 0.1) is 0 Å². The number of carbonyl (C=O) groups excluding carboxylic acids is 1. The van der Waals surface area contributed by atoms with Crippen molar-refractivity contribution in [3.8, 4) is 0 Å². The summed E-state index contributed by atoms with van der Waals surface area (Å²) >= 11 is 6.04. The number of halogens is 1. The molecule has 2 saturated heterocycles. The SMILES string of the molecule is C=C1CC(P2(=O)N(c3ccccc3)CCN2c2ccccc2)C(=O)N1c1ccc(Cl)cc1. The molecule has 0 radical (unpaired) electrons. The molecule has 0 N–H and O–H groups in total.